The molecule has 1 aliphatic heterocycles. The van der Waals surface area contributed by atoms with E-state index in [1.807, 2.05) is 6.26 Å². The smallest absolute Gasteiger partial charge is 0.156 e. The molecule has 0 atom stereocenters. The van der Waals surface area contributed by atoms with Crippen molar-refractivity contribution in [3.8, 4) is 0 Å². The summed E-state index contributed by atoms with van der Waals surface area (Å²) >= 11 is 1.67. The van der Waals surface area contributed by atoms with Crippen molar-refractivity contribution in [1.82, 2.24) is 5.32 Å². The molecule has 0 amide bonds. The fourth-order valence-corrected chi connectivity index (χ4v) is 1.33. The SMILES string of the molecule is CSC1=NCC(C)(C)N1.Cl. The minimum atomic E-state index is 0. The number of hydrogen-bond acceptors (Lipinski definition) is 3. The number of rotatable bonds is 0. The van der Waals surface area contributed by atoms with Crippen LogP contribution in [-0.2, 0) is 0 Å². The van der Waals surface area contributed by atoms with Crippen molar-refractivity contribution in [2.75, 3.05) is 12.8 Å². The van der Waals surface area contributed by atoms with E-state index in [4.69, 9.17) is 0 Å². The molecule has 0 saturated carbocycles. The zero-order chi connectivity index (χ0) is 6.91. The van der Waals surface area contributed by atoms with Gasteiger partial charge >= 0.3 is 0 Å². The Kier molecular flexibility index (Phi) is 3.52. The molecule has 10 heavy (non-hydrogen) atoms. The summed E-state index contributed by atoms with van der Waals surface area (Å²) in [7, 11) is 0. The summed E-state index contributed by atoms with van der Waals surface area (Å²) in [6, 6.07) is 0. The minimum Gasteiger partial charge on any atom is -0.358 e. The number of aliphatic imine (C=N–C) groups is 1. The summed E-state index contributed by atoms with van der Waals surface area (Å²) in [5, 5.41) is 4.36. The first kappa shape index (κ1) is 10.1. The van der Waals surface area contributed by atoms with Gasteiger partial charge in [-0.3, -0.25) is 4.99 Å². The van der Waals surface area contributed by atoms with E-state index in [2.05, 4.69) is 24.2 Å². The van der Waals surface area contributed by atoms with Gasteiger partial charge in [-0.25, -0.2) is 0 Å². The van der Waals surface area contributed by atoms with Crippen LogP contribution in [0.4, 0.5) is 0 Å². The van der Waals surface area contributed by atoms with Crippen LogP contribution in [0.25, 0.3) is 0 Å². The lowest BCUT2D eigenvalue weighted by Crippen LogP contribution is -2.38. The predicted molar refractivity (Wildman–Crippen MR) is 50.3 cm³/mol. The molecule has 1 aliphatic rings. The summed E-state index contributed by atoms with van der Waals surface area (Å²) in [6.07, 6.45) is 2.03. The van der Waals surface area contributed by atoms with Gasteiger partial charge in [-0.1, -0.05) is 11.8 Å². The second-order valence-electron chi connectivity index (χ2n) is 2.83. The van der Waals surface area contributed by atoms with Crippen molar-refractivity contribution in [3.05, 3.63) is 0 Å². The van der Waals surface area contributed by atoms with Crippen molar-refractivity contribution in [3.63, 3.8) is 0 Å². The number of nitrogens with one attached hydrogen (secondary N) is 1. The molecule has 1 rings (SSSR count). The maximum Gasteiger partial charge on any atom is 0.156 e. The van der Waals surface area contributed by atoms with Crippen molar-refractivity contribution >= 4 is 29.3 Å². The van der Waals surface area contributed by atoms with Crippen LogP contribution < -0.4 is 5.32 Å². The quantitative estimate of drug-likeness (QED) is 0.611. The molecule has 0 aromatic carbocycles. The Bertz CT molecular complexity index is 145. The van der Waals surface area contributed by atoms with E-state index in [1.165, 1.54) is 0 Å². The highest BCUT2D eigenvalue weighted by Crippen LogP contribution is 2.13. The van der Waals surface area contributed by atoms with Gasteiger partial charge in [0.15, 0.2) is 5.17 Å². The zero-order valence-corrected chi connectivity index (χ0v) is 8.10. The molecular formula is C6H13ClN2S. The molecule has 4 heteroatoms. The largest absolute Gasteiger partial charge is 0.358 e. The standard InChI is InChI=1S/C6H12N2S.ClH/c1-6(2)4-7-5(8-6)9-3;/h4H2,1-3H3,(H,7,8);1H. The summed E-state index contributed by atoms with van der Waals surface area (Å²) in [6.45, 7) is 5.21. The first-order valence-corrected chi connectivity index (χ1v) is 4.23. The summed E-state index contributed by atoms with van der Waals surface area (Å²) in [5.41, 5.74) is 0.193. The number of halogens is 1. The van der Waals surface area contributed by atoms with Crippen LogP contribution in [0.5, 0.6) is 0 Å². The molecule has 0 aromatic heterocycles. The lowest BCUT2D eigenvalue weighted by atomic mass is 10.1. The van der Waals surface area contributed by atoms with E-state index in [9.17, 15) is 0 Å². The van der Waals surface area contributed by atoms with E-state index in [1.54, 1.807) is 11.8 Å². The fourth-order valence-electron chi connectivity index (χ4n) is 0.754. The third-order valence-corrected chi connectivity index (χ3v) is 1.87. The number of hydrogen-bond donors (Lipinski definition) is 1. The van der Waals surface area contributed by atoms with Gasteiger partial charge in [-0.2, -0.15) is 0 Å². The Hall–Kier alpha value is 0.110. The third-order valence-electron chi connectivity index (χ3n) is 1.26. The highest BCUT2D eigenvalue weighted by Gasteiger charge is 2.23. The fraction of sp³-hybridized carbons (Fsp3) is 0.833. The lowest BCUT2D eigenvalue weighted by Gasteiger charge is -2.17. The van der Waals surface area contributed by atoms with Crippen LogP contribution in [0.1, 0.15) is 13.8 Å². The van der Waals surface area contributed by atoms with Gasteiger partial charge in [0.05, 0.1) is 12.1 Å². The van der Waals surface area contributed by atoms with E-state index in [-0.39, 0.29) is 17.9 Å². The van der Waals surface area contributed by atoms with E-state index >= 15 is 0 Å². The normalized spacial score (nSPS) is 20.9. The molecule has 0 radical (unpaired) electrons. The molecule has 0 bridgehead atoms. The van der Waals surface area contributed by atoms with Crippen LogP contribution in [0.15, 0.2) is 4.99 Å². The van der Waals surface area contributed by atoms with Gasteiger partial charge in [-0.15, -0.1) is 12.4 Å². The van der Waals surface area contributed by atoms with Crippen LogP contribution >= 0.6 is 24.2 Å². The molecule has 2 nitrogen and oxygen atoms in total. The van der Waals surface area contributed by atoms with Gasteiger partial charge in [0.1, 0.15) is 0 Å². The van der Waals surface area contributed by atoms with Crippen molar-refractivity contribution in [2.45, 2.75) is 19.4 Å². The number of nitrogens with zero attached hydrogens (tertiary/aromatic N) is 1. The van der Waals surface area contributed by atoms with Crippen LogP contribution in [0.3, 0.4) is 0 Å². The average Bonchev–Trinajstić information content (AvgIpc) is 2.10. The average molecular weight is 181 g/mol. The molecule has 1 N–H and O–H groups in total. The maximum absolute atomic E-state index is 4.28. The van der Waals surface area contributed by atoms with Crippen molar-refractivity contribution in [2.24, 2.45) is 4.99 Å². The molecule has 0 fully saturated rings. The Labute approximate surface area is 72.3 Å². The van der Waals surface area contributed by atoms with Gasteiger partial charge < -0.3 is 5.32 Å². The van der Waals surface area contributed by atoms with Gasteiger partial charge in [-0.05, 0) is 20.1 Å². The molecule has 0 aromatic rings. The van der Waals surface area contributed by atoms with E-state index in [0.29, 0.717) is 0 Å². The predicted octanol–water partition coefficient (Wildman–Crippen LogP) is 1.51. The highest BCUT2D eigenvalue weighted by atomic mass is 35.5. The summed E-state index contributed by atoms with van der Waals surface area (Å²) < 4.78 is 0. The molecule has 0 saturated heterocycles. The molecule has 0 unspecified atom stereocenters. The second-order valence-corrected chi connectivity index (χ2v) is 3.63. The first-order chi connectivity index (χ1) is 4.14. The Morgan fingerprint density at radius 2 is 2.20 bits per heavy atom. The van der Waals surface area contributed by atoms with Crippen LogP contribution in [0, 0.1) is 0 Å². The van der Waals surface area contributed by atoms with Crippen molar-refractivity contribution < 1.29 is 0 Å². The first-order valence-electron chi connectivity index (χ1n) is 3.01. The molecule has 1 heterocycles. The highest BCUT2D eigenvalue weighted by molar-refractivity contribution is 8.13. The summed E-state index contributed by atoms with van der Waals surface area (Å²) in [5.74, 6) is 0. The minimum absolute atomic E-state index is 0. The Morgan fingerprint density at radius 3 is 2.40 bits per heavy atom. The van der Waals surface area contributed by atoms with Gasteiger partial charge in [0.2, 0.25) is 0 Å². The molecular weight excluding hydrogens is 168 g/mol. The van der Waals surface area contributed by atoms with Crippen LogP contribution in [0.2, 0.25) is 0 Å². The third kappa shape index (κ3) is 2.39. The number of amidine groups is 1. The van der Waals surface area contributed by atoms with Crippen molar-refractivity contribution in [1.29, 1.82) is 0 Å². The second kappa shape index (κ2) is 3.49. The lowest BCUT2D eigenvalue weighted by molar-refractivity contribution is 0.508. The maximum atomic E-state index is 4.28. The van der Waals surface area contributed by atoms with Crippen LogP contribution in [-0.4, -0.2) is 23.5 Å². The van der Waals surface area contributed by atoms with E-state index < -0.39 is 0 Å². The Balaban J connectivity index is 0.000000810. The molecule has 0 aliphatic carbocycles. The monoisotopic (exact) mass is 180 g/mol. The van der Waals surface area contributed by atoms with E-state index in [0.717, 1.165) is 11.7 Å². The Morgan fingerprint density at radius 1 is 1.60 bits per heavy atom. The van der Waals surface area contributed by atoms with Gasteiger partial charge in [0, 0.05) is 0 Å². The molecule has 60 valence electrons. The number of thioether (sulfide) groups is 1. The summed E-state index contributed by atoms with van der Waals surface area (Å²) in [4.78, 5) is 4.28. The van der Waals surface area contributed by atoms with Gasteiger partial charge in [0.25, 0.3) is 0 Å². The topological polar surface area (TPSA) is 24.4 Å². The molecule has 0 spiro atoms. The zero-order valence-electron chi connectivity index (χ0n) is 6.47.